The smallest absolute Gasteiger partial charge is 0.219 e. The third kappa shape index (κ3) is 3.16. The minimum absolute atomic E-state index is 0.0983. The number of hydrogen-bond donors (Lipinski definition) is 2. The van der Waals surface area contributed by atoms with Gasteiger partial charge in [-0.1, -0.05) is 42.5 Å². The van der Waals surface area contributed by atoms with Gasteiger partial charge in [0.2, 0.25) is 5.91 Å². The molecule has 4 heteroatoms. The molecule has 0 heterocycles. The second-order valence-corrected chi connectivity index (χ2v) is 4.60. The van der Waals surface area contributed by atoms with E-state index in [1.165, 1.54) is 0 Å². The van der Waals surface area contributed by atoms with Gasteiger partial charge in [0, 0.05) is 18.0 Å². The maximum absolute atomic E-state index is 11.0. The molecule has 2 rings (SSSR count). The predicted molar refractivity (Wildman–Crippen MR) is 79.2 cm³/mol. The number of amides is 1. The average molecular weight is 270 g/mol. The van der Waals surface area contributed by atoms with E-state index in [9.17, 15) is 4.79 Å². The highest BCUT2D eigenvalue weighted by Gasteiger charge is 2.15. The number of ether oxygens (including phenoxy) is 1. The molecule has 1 unspecified atom stereocenters. The highest BCUT2D eigenvalue weighted by Crippen LogP contribution is 2.31. The number of methoxy groups -OCH3 is 1. The fourth-order valence-electron chi connectivity index (χ4n) is 2.15. The molecule has 4 N–H and O–H groups in total. The van der Waals surface area contributed by atoms with Crippen LogP contribution in [-0.2, 0) is 4.79 Å². The SMILES string of the molecule is COc1cc(-c2ccccc2)ccc1C(N)CC(N)=O. The van der Waals surface area contributed by atoms with E-state index in [1.54, 1.807) is 7.11 Å². The van der Waals surface area contributed by atoms with Crippen molar-refractivity contribution in [2.24, 2.45) is 11.5 Å². The van der Waals surface area contributed by atoms with Gasteiger partial charge in [0.1, 0.15) is 5.75 Å². The van der Waals surface area contributed by atoms with Gasteiger partial charge in [-0.25, -0.2) is 0 Å². The van der Waals surface area contributed by atoms with Crippen LogP contribution in [0.1, 0.15) is 18.0 Å². The molecule has 4 nitrogen and oxygen atoms in total. The van der Waals surface area contributed by atoms with Gasteiger partial charge in [-0.15, -0.1) is 0 Å². The van der Waals surface area contributed by atoms with E-state index < -0.39 is 11.9 Å². The molecule has 0 fully saturated rings. The molecule has 0 aliphatic rings. The zero-order chi connectivity index (χ0) is 14.5. The normalized spacial score (nSPS) is 11.9. The Balaban J connectivity index is 2.35. The molecule has 2 aromatic carbocycles. The Morgan fingerprint density at radius 3 is 2.45 bits per heavy atom. The van der Waals surface area contributed by atoms with E-state index in [1.807, 2.05) is 48.5 Å². The largest absolute Gasteiger partial charge is 0.496 e. The molecule has 0 saturated carbocycles. The summed E-state index contributed by atoms with van der Waals surface area (Å²) < 4.78 is 5.38. The van der Waals surface area contributed by atoms with Crippen molar-refractivity contribution < 1.29 is 9.53 Å². The Kier molecular flexibility index (Phi) is 4.38. The number of carbonyl (C=O) groups excluding carboxylic acids is 1. The van der Waals surface area contributed by atoms with Gasteiger partial charge in [0.05, 0.1) is 7.11 Å². The van der Waals surface area contributed by atoms with Gasteiger partial charge in [0.25, 0.3) is 0 Å². The molecule has 0 aliphatic heterocycles. The first-order chi connectivity index (χ1) is 9.61. The lowest BCUT2D eigenvalue weighted by Crippen LogP contribution is -2.21. The molecular weight excluding hydrogens is 252 g/mol. The van der Waals surface area contributed by atoms with Gasteiger partial charge in [0.15, 0.2) is 0 Å². The zero-order valence-electron chi connectivity index (χ0n) is 11.4. The van der Waals surface area contributed by atoms with Gasteiger partial charge < -0.3 is 16.2 Å². The van der Waals surface area contributed by atoms with Crippen molar-refractivity contribution in [3.8, 4) is 16.9 Å². The zero-order valence-corrected chi connectivity index (χ0v) is 11.4. The van der Waals surface area contributed by atoms with Crippen LogP contribution < -0.4 is 16.2 Å². The van der Waals surface area contributed by atoms with E-state index in [0.29, 0.717) is 5.75 Å². The Morgan fingerprint density at radius 1 is 1.15 bits per heavy atom. The van der Waals surface area contributed by atoms with Crippen LogP contribution in [-0.4, -0.2) is 13.0 Å². The lowest BCUT2D eigenvalue weighted by Gasteiger charge is -2.15. The van der Waals surface area contributed by atoms with Crippen LogP contribution in [0.4, 0.5) is 0 Å². The predicted octanol–water partition coefficient (Wildman–Crippen LogP) is 2.24. The van der Waals surface area contributed by atoms with Crippen molar-refractivity contribution in [3.05, 3.63) is 54.1 Å². The van der Waals surface area contributed by atoms with Crippen LogP contribution >= 0.6 is 0 Å². The summed E-state index contributed by atoms with van der Waals surface area (Å²) in [4.78, 5) is 11.0. The first-order valence-corrected chi connectivity index (χ1v) is 6.39. The molecule has 0 aliphatic carbocycles. The highest BCUT2D eigenvalue weighted by atomic mass is 16.5. The lowest BCUT2D eigenvalue weighted by molar-refractivity contribution is -0.118. The quantitative estimate of drug-likeness (QED) is 0.874. The number of primary amides is 1. The summed E-state index contributed by atoms with van der Waals surface area (Å²) in [7, 11) is 1.59. The Hall–Kier alpha value is -2.33. The van der Waals surface area contributed by atoms with Crippen molar-refractivity contribution in [2.45, 2.75) is 12.5 Å². The maximum atomic E-state index is 11.0. The molecule has 104 valence electrons. The Morgan fingerprint density at radius 2 is 1.85 bits per heavy atom. The third-order valence-corrected chi connectivity index (χ3v) is 3.16. The minimum Gasteiger partial charge on any atom is -0.496 e. The Labute approximate surface area is 118 Å². The summed E-state index contributed by atoms with van der Waals surface area (Å²) in [6, 6.07) is 15.3. The minimum atomic E-state index is -0.452. The molecule has 20 heavy (non-hydrogen) atoms. The van der Waals surface area contributed by atoms with Crippen molar-refractivity contribution >= 4 is 5.91 Å². The van der Waals surface area contributed by atoms with E-state index in [-0.39, 0.29) is 6.42 Å². The first kappa shape index (κ1) is 14.1. The van der Waals surface area contributed by atoms with E-state index >= 15 is 0 Å². The van der Waals surface area contributed by atoms with Crippen LogP contribution in [0.5, 0.6) is 5.75 Å². The maximum Gasteiger partial charge on any atom is 0.219 e. The molecule has 0 bridgehead atoms. The standard InChI is InChI=1S/C16H18N2O2/c1-20-15-9-12(11-5-3-2-4-6-11)7-8-13(15)14(17)10-16(18)19/h2-9,14H,10,17H2,1H3,(H2,18,19). The molecule has 1 atom stereocenters. The fourth-order valence-corrected chi connectivity index (χ4v) is 2.15. The monoisotopic (exact) mass is 270 g/mol. The van der Waals surface area contributed by atoms with Gasteiger partial charge >= 0.3 is 0 Å². The molecular formula is C16H18N2O2. The van der Waals surface area contributed by atoms with Crippen molar-refractivity contribution in [1.29, 1.82) is 0 Å². The van der Waals surface area contributed by atoms with Crippen LogP contribution in [0.25, 0.3) is 11.1 Å². The lowest BCUT2D eigenvalue weighted by atomic mass is 9.98. The molecule has 0 spiro atoms. The van der Waals surface area contributed by atoms with E-state index in [2.05, 4.69) is 0 Å². The molecule has 0 aromatic heterocycles. The summed E-state index contributed by atoms with van der Waals surface area (Å²) in [5.41, 5.74) is 14.1. The number of nitrogens with two attached hydrogens (primary N) is 2. The number of rotatable bonds is 5. The summed E-state index contributed by atoms with van der Waals surface area (Å²) in [6.07, 6.45) is 0.0983. The summed E-state index contributed by atoms with van der Waals surface area (Å²) in [6.45, 7) is 0. The summed E-state index contributed by atoms with van der Waals surface area (Å²) in [5.74, 6) is 0.242. The number of benzene rings is 2. The number of hydrogen-bond acceptors (Lipinski definition) is 3. The second-order valence-electron chi connectivity index (χ2n) is 4.60. The third-order valence-electron chi connectivity index (χ3n) is 3.16. The van der Waals surface area contributed by atoms with Crippen LogP contribution in [0.2, 0.25) is 0 Å². The Bertz CT molecular complexity index is 597. The van der Waals surface area contributed by atoms with Gasteiger partial charge in [-0.05, 0) is 17.2 Å². The van der Waals surface area contributed by atoms with Crippen molar-refractivity contribution in [1.82, 2.24) is 0 Å². The molecule has 0 radical (unpaired) electrons. The van der Waals surface area contributed by atoms with Crippen molar-refractivity contribution in [3.63, 3.8) is 0 Å². The number of carbonyl (C=O) groups is 1. The van der Waals surface area contributed by atoms with Crippen LogP contribution in [0.3, 0.4) is 0 Å². The van der Waals surface area contributed by atoms with E-state index in [0.717, 1.165) is 16.7 Å². The highest BCUT2D eigenvalue weighted by molar-refractivity contribution is 5.75. The summed E-state index contributed by atoms with van der Waals surface area (Å²) in [5, 5.41) is 0. The van der Waals surface area contributed by atoms with Crippen LogP contribution in [0.15, 0.2) is 48.5 Å². The molecule has 2 aromatic rings. The summed E-state index contributed by atoms with van der Waals surface area (Å²) >= 11 is 0. The van der Waals surface area contributed by atoms with Crippen LogP contribution in [0, 0.1) is 0 Å². The molecule has 0 saturated heterocycles. The topological polar surface area (TPSA) is 78.3 Å². The molecule has 1 amide bonds. The van der Waals surface area contributed by atoms with Crippen molar-refractivity contribution in [2.75, 3.05) is 7.11 Å². The first-order valence-electron chi connectivity index (χ1n) is 6.39. The van der Waals surface area contributed by atoms with Gasteiger partial charge in [-0.3, -0.25) is 4.79 Å². The second kappa shape index (κ2) is 6.21. The van der Waals surface area contributed by atoms with Gasteiger partial charge in [-0.2, -0.15) is 0 Å². The fraction of sp³-hybridized carbons (Fsp3) is 0.188. The van der Waals surface area contributed by atoms with E-state index in [4.69, 9.17) is 16.2 Å². The average Bonchev–Trinajstić information content (AvgIpc) is 2.46.